The molecule has 1 saturated carbocycles. The van der Waals surface area contributed by atoms with E-state index < -0.39 is 0 Å². The lowest BCUT2D eigenvalue weighted by Gasteiger charge is -2.05. The summed E-state index contributed by atoms with van der Waals surface area (Å²) in [5, 5.41) is 0. The van der Waals surface area contributed by atoms with E-state index in [1.54, 1.807) is 0 Å². The Labute approximate surface area is 49.2 Å². The second-order valence-electron chi connectivity index (χ2n) is 2.56. The summed E-state index contributed by atoms with van der Waals surface area (Å²) in [6.45, 7) is 0. The molecule has 3 nitrogen and oxygen atoms in total. The van der Waals surface area contributed by atoms with E-state index in [1.807, 2.05) is 0 Å². The average Bonchev–Trinajstić information content (AvgIpc) is 1.85. The third-order valence-corrected chi connectivity index (χ3v) is 1.70. The van der Waals surface area contributed by atoms with Gasteiger partial charge < -0.3 is 17.2 Å². The first-order valence-electron chi connectivity index (χ1n) is 2.97. The predicted octanol–water partition coefficient (Wildman–Crippen LogP) is -1.24. The second-order valence-corrected chi connectivity index (χ2v) is 2.56. The van der Waals surface area contributed by atoms with Gasteiger partial charge in [-0.3, -0.25) is 0 Å². The Morgan fingerprint density at radius 1 is 0.875 bits per heavy atom. The molecular formula is C5H13N3. The molecule has 0 spiro atoms. The molecule has 0 saturated heterocycles. The summed E-state index contributed by atoms with van der Waals surface area (Å²) >= 11 is 0. The van der Waals surface area contributed by atoms with Crippen molar-refractivity contribution >= 4 is 0 Å². The van der Waals surface area contributed by atoms with E-state index in [0.717, 1.165) is 12.8 Å². The molecule has 1 unspecified atom stereocenters. The topological polar surface area (TPSA) is 78.1 Å². The molecule has 0 aromatic rings. The Kier molecular flexibility index (Phi) is 1.51. The van der Waals surface area contributed by atoms with Crippen LogP contribution in [0, 0.1) is 0 Å². The minimum Gasteiger partial charge on any atom is -0.328 e. The highest BCUT2D eigenvalue weighted by Gasteiger charge is 2.25. The number of rotatable bonds is 0. The Hall–Kier alpha value is -0.120. The smallest absolute Gasteiger partial charge is 0.0207 e. The van der Waals surface area contributed by atoms with E-state index in [-0.39, 0.29) is 18.1 Å². The van der Waals surface area contributed by atoms with E-state index in [1.165, 1.54) is 0 Å². The standard InChI is InChI=1S/C5H13N3/c6-3-1-4(7)5(8)2-3/h3-5H,1-2,6-8H2/t3?,4-,5+. The highest BCUT2D eigenvalue weighted by Crippen LogP contribution is 2.13. The van der Waals surface area contributed by atoms with E-state index in [0.29, 0.717) is 0 Å². The largest absolute Gasteiger partial charge is 0.328 e. The van der Waals surface area contributed by atoms with Gasteiger partial charge in [-0.15, -0.1) is 0 Å². The summed E-state index contributed by atoms with van der Waals surface area (Å²) in [5.41, 5.74) is 16.7. The summed E-state index contributed by atoms with van der Waals surface area (Å²) in [5.74, 6) is 0. The van der Waals surface area contributed by atoms with Crippen molar-refractivity contribution in [3.8, 4) is 0 Å². The molecule has 1 rings (SSSR count). The molecule has 1 aliphatic carbocycles. The molecule has 48 valence electrons. The number of hydrogen-bond acceptors (Lipinski definition) is 3. The SMILES string of the molecule is NC1C[C@@H](N)[C@@H](N)C1. The first-order valence-corrected chi connectivity index (χ1v) is 2.97. The van der Waals surface area contributed by atoms with Gasteiger partial charge in [0.1, 0.15) is 0 Å². The maximum atomic E-state index is 5.56. The Morgan fingerprint density at radius 2 is 1.25 bits per heavy atom. The van der Waals surface area contributed by atoms with Gasteiger partial charge in [-0.2, -0.15) is 0 Å². The summed E-state index contributed by atoms with van der Waals surface area (Å²) in [6.07, 6.45) is 1.78. The fourth-order valence-electron chi connectivity index (χ4n) is 1.14. The first kappa shape index (κ1) is 6.01. The molecule has 8 heavy (non-hydrogen) atoms. The number of hydrogen-bond donors (Lipinski definition) is 3. The quantitative estimate of drug-likeness (QED) is 0.369. The third-order valence-electron chi connectivity index (χ3n) is 1.70. The van der Waals surface area contributed by atoms with Crippen LogP contribution in [0.25, 0.3) is 0 Å². The lowest BCUT2D eigenvalue weighted by atomic mass is 10.2. The van der Waals surface area contributed by atoms with E-state index in [9.17, 15) is 0 Å². The van der Waals surface area contributed by atoms with Crippen molar-refractivity contribution in [2.75, 3.05) is 0 Å². The fourth-order valence-corrected chi connectivity index (χ4v) is 1.14. The normalized spacial score (nSPS) is 47.6. The van der Waals surface area contributed by atoms with Crippen LogP contribution in [0.15, 0.2) is 0 Å². The average molecular weight is 115 g/mol. The van der Waals surface area contributed by atoms with Gasteiger partial charge in [0.25, 0.3) is 0 Å². The summed E-state index contributed by atoms with van der Waals surface area (Å²) in [4.78, 5) is 0. The molecule has 0 aromatic carbocycles. The van der Waals surface area contributed by atoms with Crippen LogP contribution >= 0.6 is 0 Å². The minimum absolute atomic E-state index is 0.144. The lowest BCUT2D eigenvalue weighted by molar-refractivity contribution is 0.603. The van der Waals surface area contributed by atoms with Crippen LogP contribution in [-0.4, -0.2) is 18.1 Å². The van der Waals surface area contributed by atoms with Gasteiger partial charge >= 0.3 is 0 Å². The van der Waals surface area contributed by atoms with Crippen LogP contribution in [0.5, 0.6) is 0 Å². The van der Waals surface area contributed by atoms with Crippen molar-refractivity contribution in [1.29, 1.82) is 0 Å². The minimum atomic E-state index is 0.144. The van der Waals surface area contributed by atoms with Crippen LogP contribution < -0.4 is 17.2 Å². The molecular weight excluding hydrogens is 102 g/mol. The van der Waals surface area contributed by atoms with Crippen molar-refractivity contribution in [2.24, 2.45) is 17.2 Å². The van der Waals surface area contributed by atoms with E-state index >= 15 is 0 Å². The Balaban J connectivity index is 2.39. The summed E-state index contributed by atoms with van der Waals surface area (Å²) in [6, 6.07) is 0.537. The van der Waals surface area contributed by atoms with Gasteiger partial charge in [-0.1, -0.05) is 0 Å². The van der Waals surface area contributed by atoms with Gasteiger partial charge in [0.2, 0.25) is 0 Å². The number of nitrogens with two attached hydrogens (primary N) is 3. The zero-order valence-electron chi connectivity index (χ0n) is 4.88. The molecule has 0 aliphatic heterocycles. The molecule has 1 fully saturated rings. The van der Waals surface area contributed by atoms with Gasteiger partial charge in [0, 0.05) is 18.1 Å². The Morgan fingerprint density at radius 3 is 1.38 bits per heavy atom. The van der Waals surface area contributed by atoms with Crippen LogP contribution in [-0.2, 0) is 0 Å². The molecule has 0 amide bonds. The zero-order chi connectivity index (χ0) is 6.15. The summed E-state index contributed by atoms with van der Waals surface area (Å²) < 4.78 is 0. The predicted molar refractivity (Wildman–Crippen MR) is 33.2 cm³/mol. The van der Waals surface area contributed by atoms with Crippen molar-refractivity contribution in [3.05, 3.63) is 0 Å². The van der Waals surface area contributed by atoms with E-state index in [4.69, 9.17) is 17.2 Å². The molecule has 0 bridgehead atoms. The molecule has 0 radical (unpaired) electrons. The van der Waals surface area contributed by atoms with Crippen molar-refractivity contribution in [2.45, 2.75) is 31.0 Å². The molecule has 3 heteroatoms. The lowest BCUT2D eigenvalue weighted by Crippen LogP contribution is -2.35. The maximum absolute atomic E-state index is 5.56. The maximum Gasteiger partial charge on any atom is 0.0207 e. The Bertz CT molecular complexity index is 73.7. The molecule has 0 aromatic heterocycles. The highest BCUT2D eigenvalue weighted by molar-refractivity contribution is 4.90. The fraction of sp³-hybridized carbons (Fsp3) is 1.00. The van der Waals surface area contributed by atoms with Gasteiger partial charge in [0.15, 0.2) is 0 Å². The highest BCUT2D eigenvalue weighted by atomic mass is 14.8. The van der Waals surface area contributed by atoms with Crippen molar-refractivity contribution < 1.29 is 0 Å². The van der Waals surface area contributed by atoms with Crippen LogP contribution in [0.1, 0.15) is 12.8 Å². The van der Waals surface area contributed by atoms with Crippen LogP contribution in [0.2, 0.25) is 0 Å². The first-order chi connectivity index (χ1) is 3.70. The monoisotopic (exact) mass is 115 g/mol. The van der Waals surface area contributed by atoms with Gasteiger partial charge in [-0.25, -0.2) is 0 Å². The third kappa shape index (κ3) is 0.992. The van der Waals surface area contributed by atoms with Crippen molar-refractivity contribution in [3.63, 3.8) is 0 Å². The van der Waals surface area contributed by atoms with Crippen molar-refractivity contribution in [1.82, 2.24) is 0 Å². The second kappa shape index (κ2) is 2.01. The molecule has 0 heterocycles. The molecule has 6 N–H and O–H groups in total. The zero-order valence-corrected chi connectivity index (χ0v) is 4.88. The van der Waals surface area contributed by atoms with Gasteiger partial charge in [-0.05, 0) is 12.8 Å². The summed E-state index contributed by atoms with van der Waals surface area (Å²) in [7, 11) is 0. The van der Waals surface area contributed by atoms with Crippen LogP contribution in [0.4, 0.5) is 0 Å². The van der Waals surface area contributed by atoms with E-state index in [2.05, 4.69) is 0 Å². The van der Waals surface area contributed by atoms with Crippen LogP contribution in [0.3, 0.4) is 0 Å². The molecule has 3 atom stereocenters. The van der Waals surface area contributed by atoms with Gasteiger partial charge in [0.05, 0.1) is 0 Å². The molecule has 1 aliphatic rings.